The first-order chi connectivity index (χ1) is 12.9. The summed E-state index contributed by atoms with van der Waals surface area (Å²) >= 11 is 0. The SMILES string of the molecule is C=C(C)CN=C(NCCn1cnnc1CC)NC(C)c1ccc(F)cc1F. The Bertz CT molecular complexity index is 799. The number of nitrogens with zero attached hydrogens (tertiary/aromatic N) is 4. The van der Waals surface area contributed by atoms with Crippen molar-refractivity contribution in [3.8, 4) is 0 Å². The maximum absolute atomic E-state index is 14.0. The quantitative estimate of drug-likeness (QED) is 0.422. The number of halogens is 2. The fourth-order valence-electron chi connectivity index (χ4n) is 2.54. The second-order valence-corrected chi connectivity index (χ2v) is 6.37. The van der Waals surface area contributed by atoms with Crippen molar-refractivity contribution in [2.45, 2.75) is 39.8 Å². The summed E-state index contributed by atoms with van der Waals surface area (Å²) < 4.78 is 29.1. The monoisotopic (exact) mass is 376 g/mol. The molecule has 0 aliphatic heterocycles. The zero-order valence-electron chi connectivity index (χ0n) is 16.0. The zero-order valence-corrected chi connectivity index (χ0v) is 16.0. The fraction of sp³-hybridized carbons (Fsp3) is 0.421. The van der Waals surface area contributed by atoms with Gasteiger partial charge in [-0.3, -0.25) is 0 Å². The highest BCUT2D eigenvalue weighted by atomic mass is 19.1. The van der Waals surface area contributed by atoms with Gasteiger partial charge in [-0.2, -0.15) is 0 Å². The van der Waals surface area contributed by atoms with Gasteiger partial charge in [0.25, 0.3) is 0 Å². The molecule has 2 rings (SSSR count). The van der Waals surface area contributed by atoms with Crippen LogP contribution in [0, 0.1) is 11.6 Å². The molecule has 6 nitrogen and oxygen atoms in total. The Balaban J connectivity index is 2.02. The van der Waals surface area contributed by atoms with Crippen LogP contribution in [0.1, 0.15) is 38.2 Å². The molecule has 1 atom stereocenters. The van der Waals surface area contributed by atoms with E-state index in [-0.39, 0.29) is 6.04 Å². The molecule has 0 aliphatic rings. The Labute approximate surface area is 158 Å². The summed E-state index contributed by atoms with van der Waals surface area (Å²) in [5, 5.41) is 14.3. The van der Waals surface area contributed by atoms with Crippen molar-refractivity contribution in [3.63, 3.8) is 0 Å². The van der Waals surface area contributed by atoms with Gasteiger partial charge < -0.3 is 15.2 Å². The Morgan fingerprint density at radius 1 is 1.37 bits per heavy atom. The van der Waals surface area contributed by atoms with E-state index >= 15 is 0 Å². The molecule has 1 unspecified atom stereocenters. The van der Waals surface area contributed by atoms with Crippen molar-refractivity contribution in [2.75, 3.05) is 13.1 Å². The minimum absolute atomic E-state index is 0.369. The molecule has 1 aromatic carbocycles. The van der Waals surface area contributed by atoms with Gasteiger partial charge in [0.15, 0.2) is 5.96 Å². The molecule has 0 saturated heterocycles. The Morgan fingerprint density at radius 3 is 2.81 bits per heavy atom. The lowest BCUT2D eigenvalue weighted by Crippen LogP contribution is -2.40. The molecule has 0 bridgehead atoms. The van der Waals surface area contributed by atoms with Gasteiger partial charge in [0.2, 0.25) is 0 Å². The first-order valence-electron chi connectivity index (χ1n) is 8.91. The zero-order chi connectivity index (χ0) is 19.8. The summed E-state index contributed by atoms with van der Waals surface area (Å²) in [6.07, 6.45) is 2.49. The number of benzene rings is 1. The van der Waals surface area contributed by atoms with Crippen LogP contribution in [0.25, 0.3) is 0 Å². The summed E-state index contributed by atoms with van der Waals surface area (Å²) in [5.41, 5.74) is 1.28. The topological polar surface area (TPSA) is 67.1 Å². The van der Waals surface area contributed by atoms with E-state index in [9.17, 15) is 8.78 Å². The van der Waals surface area contributed by atoms with E-state index in [1.54, 1.807) is 13.3 Å². The minimum atomic E-state index is -0.599. The molecular formula is C19H26F2N6. The van der Waals surface area contributed by atoms with Crippen LogP contribution in [0.3, 0.4) is 0 Å². The van der Waals surface area contributed by atoms with Crippen LogP contribution < -0.4 is 10.6 Å². The fourth-order valence-corrected chi connectivity index (χ4v) is 2.54. The molecular weight excluding hydrogens is 350 g/mol. The molecule has 2 N–H and O–H groups in total. The molecule has 0 spiro atoms. The molecule has 1 heterocycles. The van der Waals surface area contributed by atoms with Gasteiger partial charge in [0.1, 0.15) is 23.8 Å². The molecule has 0 aliphatic carbocycles. The molecule has 8 heteroatoms. The van der Waals surface area contributed by atoms with Gasteiger partial charge in [0, 0.05) is 31.1 Å². The average molecular weight is 376 g/mol. The Morgan fingerprint density at radius 2 is 2.15 bits per heavy atom. The van der Waals surface area contributed by atoms with Crippen LogP contribution >= 0.6 is 0 Å². The molecule has 0 fully saturated rings. The van der Waals surface area contributed by atoms with Crippen molar-refractivity contribution >= 4 is 5.96 Å². The predicted octanol–water partition coefficient (Wildman–Crippen LogP) is 2.99. The van der Waals surface area contributed by atoms with E-state index in [0.29, 0.717) is 31.2 Å². The molecule has 146 valence electrons. The van der Waals surface area contributed by atoms with Crippen molar-refractivity contribution in [1.82, 2.24) is 25.4 Å². The summed E-state index contributed by atoms with van der Waals surface area (Å²) in [6.45, 7) is 11.3. The van der Waals surface area contributed by atoms with Gasteiger partial charge in [-0.25, -0.2) is 13.8 Å². The van der Waals surface area contributed by atoms with E-state index in [1.807, 2.05) is 18.4 Å². The third-order valence-electron chi connectivity index (χ3n) is 3.95. The standard InChI is InChI=1S/C19H26F2N6/c1-5-18-26-24-12-27(18)9-8-22-19(23-11-13(2)3)25-14(4)16-7-6-15(20)10-17(16)21/h6-7,10,12,14H,2,5,8-9,11H2,1,3-4H3,(H2,22,23,25). The maximum atomic E-state index is 14.0. The van der Waals surface area contributed by atoms with Crippen molar-refractivity contribution in [3.05, 3.63) is 59.7 Å². The van der Waals surface area contributed by atoms with Crippen LogP contribution in [0.5, 0.6) is 0 Å². The molecule has 0 radical (unpaired) electrons. The predicted molar refractivity (Wildman–Crippen MR) is 102 cm³/mol. The van der Waals surface area contributed by atoms with Gasteiger partial charge >= 0.3 is 0 Å². The highest BCUT2D eigenvalue weighted by molar-refractivity contribution is 5.80. The van der Waals surface area contributed by atoms with Crippen LogP contribution in [-0.4, -0.2) is 33.8 Å². The smallest absolute Gasteiger partial charge is 0.192 e. The van der Waals surface area contributed by atoms with E-state index in [0.717, 1.165) is 23.9 Å². The first kappa shape index (κ1) is 20.5. The molecule has 27 heavy (non-hydrogen) atoms. The van der Waals surface area contributed by atoms with E-state index < -0.39 is 11.6 Å². The third-order valence-corrected chi connectivity index (χ3v) is 3.95. The molecule has 1 aromatic heterocycles. The molecule has 0 amide bonds. The van der Waals surface area contributed by atoms with Crippen LogP contribution in [0.4, 0.5) is 8.78 Å². The maximum Gasteiger partial charge on any atom is 0.192 e. The normalized spacial score (nSPS) is 12.7. The number of hydrogen-bond acceptors (Lipinski definition) is 3. The molecule has 0 saturated carbocycles. The van der Waals surface area contributed by atoms with Gasteiger partial charge in [0.05, 0.1) is 12.6 Å². The number of rotatable bonds is 8. The second-order valence-electron chi connectivity index (χ2n) is 6.37. The van der Waals surface area contributed by atoms with Crippen molar-refractivity contribution in [2.24, 2.45) is 4.99 Å². The van der Waals surface area contributed by atoms with Crippen molar-refractivity contribution < 1.29 is 8.78 Å². The Kier molecular flexibility index (Phi) is 7.45. The van der Waals surface area contributed by atoms with Crippen molar-refractivity contribution in [1.29, 1.82) is 0 Å². The highest BCUT2D eigenvalue weighted by Crippen LogP contribution is 2.17. The number of nitrogens with one attached hydrogen (secondary N) is 2. The van der Waals surface area contributed by atoms with E-state index in [2.05, 4.69) is 32.4 Å². The second kappa shape index (κ2) is 9.80. The Hall–Kier alpha value is -2.77. The van der Waals surface area contributed by atoms with Gasteiger partial charge in [-0.1, -0.05) is 25.1 Å². The lowest BCUT2D eigenvalue weighted by Gasteiger charge is -2.19. The summed E-state index contributed by atoms with van der Waals surface area (Å²) in [5.74, 6) is 0.247. The summed E-state index contributed by atoms with van der Waals surface area (Å²) in [4.78, 5) is 4.46. The summed E-state index contributed by atoms with van der Waals surface area (Å²) in [7, 11) is 0. The average Bonchev–Trinajstić information content (AvgIpc) is 3.06. The lowest BCUT2D eigenvalue weighted by molar-refractivity contribution is 0.549. The lowest BCUT2D eigenvalue weighted by atomic mass is 10.1. The number of aromatic nitrogens is 3. The largest absolute Gasteiger partial charge is 0.355 e. The number of aliphatic imine (C=N–C) groups is 1. The van der Waals surface area contributed by atoms with Crippen LogP contribution in [0.15, 0.2) is 41.7 Å². The molecule has 2 aromatic rings. The van der Waals surface area contributed by atoms with Gasteiger partial charge in [-0.15, -0.1) is 10.2 Å². The summed E-state index contributed by atoms with van der Waals surface area (Å²) in [6, 6.07) is 3.17. The van der Waals surface area contributed by atoms with Crippen LogP contribution in [-0.2, 0) is 13.0 Å². The number of guanidine groups is 1. The van der Waals surface area contributed by atoms with Crippen LogP contribution in [0.2, 0.25) is 0 Å². The van der Waals surface area contributed by atoms with Gasteiger partial charge in [-0.05, 0) is 19.9 Å². The minimum Gasteiger partial charge on any atom is -0.355 e. The van der Waals surface area contributed by atoms with E-state index in [4.69, 9.17) is 0 Å². The third kappa shape index (κ3) is 6.16. The highest BCUT2D eigenvalue weighted by Gasteiger charge is 2.13. The number of hydrogen-bond donors (Lipinski definition) is 2. The first-order valence-corrected chi connectivity index (χ1v) is 8.91. The van der Waals surface area contributed by atoms with E-state index in [1.165, 1.54) is 12.1 Å². The number of aryl methyl sites for hydroxylation is 1.